The minimum atomic E-state index is -0.0749. The van der Waals surface area contributed by atoms with Gasteiger partial charge in [0.1, 0.15) is 0 Å². The maximum atomic E-state index is 12.2. The predicted octanol–water partition coefficient (Wildman–Crippen LogP) is 4.56. The van der Waals surface area contributed by atoms with Gasteiger partial charge in [0.25, 0.3) is 5.91 Å². The van der Waals surface area contributed by atoms with Crippen molar-refractivity contribution in [2.45, 2.75) is 60.3 Å². The molecule has 0 saturated heterocycles. The highest BCUT2D eigenvalue weighted by molar-refractivity contribution is 5.94. The first kappa shape index (κ1) is 21.9. The molecule has 1 N–H and O–H groups in total. The number of carbonyl (C=O) groups excluding carboxylic acids is 2. The van der Waals surface area contributed by atoms with Crippen LogP contribution < -0.4 is 5.32 Å². The van der Waals surface area contributed by atoms with Crippen LogP contribution in [0.1, 0.15) is 69.8 Å². The third-order valence-corrected chi connectivity index (χ3v) is 4.51. The van der Waals surface area contributed by atoms with Crippen LogP contribution in [0.3, 0.4) is 0 Å². The number of carbonyl (C=O) groups is 2. The zero-order valence-electron chi connectivity index (χ0n) is 17.0. The van der Waals surface area contributed by atoms with Gasteiger partial charge in [-0.2, -0.15) is 0 Å². The summed E-state index contributed by atoms with van der Waals surface area (Å²) < 4.78 is 0. The maximum Gasteiger partial charge on any atom is 0.251 e. The van der Waals surface area contributed by atoms with Crippen molar-refractivity contribution in [1.29, 1.82) is 0 Å². The van der Waals surface area contributed by atoms with Crippen molar-refractivity contribution in [3.63, 3.8) is 0 Å². The number of hydrogen-bond donors (Lipinski definition) is 1. The summed E-state index contributed by atoms with van der Waals surface area (Å²) in [6.07, 6.45) is 4.09. The molecule has 144 valence electrons. The number of nitrogens with zero attached hydrogens (tertiary/aromatic N) is 1. The summed E-state index contributed by atoms with van der Waals surface area (Å²) >= 11 is 0. The maximum absolute atomic E-state index is 12.2. The Hall–Kier alpha value is -2.10. The minimum absolute atomic E-state index is 0.0228. The van der Waals surface area contributed by atoms with E-state index in [4.69, 9.17) is 0 Å². The molecule has 0 bridgehead atoms. The molecule has 0 aromatic heterocycles. The molecule has 0 unspecified atom stereocenters. The fourth-order valence-electron chi connectivity index (χ4n) is 3.25. The van der Waals surface area contributed by atoms with Crippen LogP contribution in [0.25, 0.3) is 0 Å². The Morgan fingerprint density at radius 2 is 1.77 bits per heavy atom. The van der Waals surface area contributed by atoms with Gasteiger partial charge < -0.3 is 10.2 Å². The van der Waals surface area contributed by atoms with Crippen LogP contribution in [0.2, 0.25) is 0 Å². The summed E-state index contributed by atoms with van der Waals surface area (Å²) in [6, 6.07) is 7.88. The minimum Gasteiger partial charge on any atom is -0.352 e. The second-order valence-electron chi connectivity index (χ2n) is 7.80. The summed E-state index contributed by atoms with van der Waals surface area (Å²) in [4.78, 5) is 25.4. The first-order valence-electron chi connectivity index (χ1n) is 9.47. The number of rotatable bonds is 10. The predicted molar refractivity (Wildman–Crippen MR) is 108 cm³/mol. The van der Waals surface area contributed by atoms with E-state index in [0.29, 0.717) is 25.1 Å². The van der Waals surface area contributed by atoms with Gasteiger partial charge in [-0.25, -0.2) is 0 Å². The third kappa shape index (κ3) is 7.42. The van der Waals surface area contributed by atoms with Crippen molar-refractivity contribution >= 4 is 11.8 Å². The van der Waals surface area contributed by atoms with E-state index in [1.54, 1.807) is 4.90 Å². The van der Waals surface area contributed by atoms with Gasteiger partial charge in [0, 0.05) is 31.3 Å². The molecule has 0 radical (unpaired) electrons. The van der Waals surface area contributed by atoms with Crippen molar-refractivity contribution < 1.29 is 9.59 Å². The highest BCUT2D eigenvalue weighted by atomic mass is 16.2. The monoisotopic (exact) mass is 358 g/mol. The molecule has 0 saturated carbocycles. The van der Waals surface area contributed by atoms with E-state index in [1.807, 2.05) is 31.2 Å². The van der Waals surface area contributed by atoms with Crippen molar-refractivity contribution in [2.24, 2.45) is 5.41 Å². The lowest BCUT2D eigenvalue weighted by atomic mass is 9.82. The average Bonchev–Trinajstić information content (AvgIpc) is 2.53. The first-order chi connectivity index (χ1) is 12.2. The molecule has 0 aliphatic rings. The lowest BCUT2D eigenvalue weighted by molar-refractivity contribution is -0.126. The Labute approximate surface area is 158 Å². The number of hydrogen-bond acceptors (Lipinski definition) is 2. The lowest BCUT2D eigenvalue weighted by Gasteiger charge is -2.24. The second-order valence-corrected chi connectivity index (χ2v) is 7.80. The van der Waals surface area contributed by atoms with Gasteiger partial charge in [-0.3, -0.25) is 9.59 Å². The van der Waals surface area contributed by atoms with Gasteiger partial charge in [-0.15, -0.1) is 0 Å². The van der Waals surface area contributed by atoms with Gasteiger partial charge in [0.05, 0.1) is 0 Å². The number of benzene rings is 1. The number of amides is 2. The normalized spacial score (nSPS) is 11.1. The fraction of sp³-hybridized carbons (Fsp3) is 0.545. The quantitative estimate of drug-likeness (QED) is 0.624. The number of nitrogens with one attached hydrogen (secondary N) is 1. The first-order valence-corrected chi connectivity index (χ1v) is 9.47. The molecular formula is C22H34N2O2. The third-order valence-electron chi connectivity index (χ3n) is 4.51. The van der Waals surface area contributed by atoms with Gasteiger partial charge in [-0.1, -0.05) is 45.9 Å². The summed E-state index contributed by atoms with van der Waals surface area (Å²) in [6.45, 7) is 15.0. The Morgan fingerprint density at radius 1 is 1.15 bits per heavy atom. The van der Waals surface area contributed by atoms with Gasteiger partial charge >= 0.3 is 0 Å². The zero-order chi connectivity index (χ0) is 19.7. The molecular weight excluding hydrogens is 324 g/mol. The van der Waals surface area contributed by atoms with Crippen molar-refractivity contribution in [1.82, 2.24) is 10.2 Å². The molecule has 0 fully saturated rings. The summed E-state index contributed by atoms with van der Waals surface area (Å²) in [5.41, 5.74) is 2.94. The van der Waals surface area contributed by atoms with Crippen LogP contribution in [0.15, 0.2) is 36.5 Å². The van der Waals surface area contributed by atoms with E-state index in [1.165, 1.54) is 25.3 Å². The van der Waals surface area contributed by atoms with Gasteiger partial charge in [0.2, 0.25) is 5.91 Å². The molecule has 0 heterocycles. The molecule has 0 aliphatic heterocycles. The van der Waals surface area contributed by atoms with Crippen LogP contribution in [0.4, 0.5) is 0 Å². The van der Waals surface area contributed by atoms with E-state index in [9.17, 15) is 9.59 Å². The molecule has 0 spiro atoms. The zero-order valence-corrected chi connectivity index (χ0v) is 17.0. The van der Waals surface area contributed by atoms with Crippen molar-refractivity contribution in [2.75, 3.05) is 13.1 Å². The van der Waals surface area contributed by atoms with Crippen LogP contribution in [0, 0.1) is 5.41 Å². The van der Waals surface area contributed by atoms with Crippen LogP contribution in [-0.2, 0) is 11.2 Å². The second kappa shape index (κ2) is 10.1. The standard InChI is InChI=1S/C22H34N2O2/c1-7-13-22(5,6)16-19-9-11-20(12-10-19)21(26)23-14-8-15-24(17(2)3)18(4)25/h9-12H,2,7-8,13-16H2,1,3-6H3,(H,23,26). The average molecular weight is 359 g/mol. The van der Waals surface area contributed by atoms with E-state index in [-0.39, 0.29) is 17.2 Å². The van der Waals surface area contributed by atoms with E-state index in [0.717, 1.165) is 12.1 Å². The molecule has 1 aromatic carbocycles. The van der Waals surface area contributed by atoms with Crippen LogP contribution in [0.5, 0.6) is 0 Å². The lowest BCUT2D eigenvalue weighted by Crippen LogP contribution is -2.31. The molecule has 4 heteroatoms. The largest absolute Gasteiger partial charge is 0.352 e. The molecule has 2 amide bonds. The Balaban J connectivity index is 2.48. The topological polar surface area (TPSA) is 49.4 Å². The number of allylic oxidation sites excluding steroid dienone is 1. The smallest absolute Gasteiger partial charge is 0.251 e. The summed E-state index contributed by atoms with van der Waals surface area (Å²) in [5, 5.41) is 2.91. The van der Waals surface area contributed by atoms with Gasteiger partial charge in [0.15, 0.2) is 0 Å². The molecule has 0 atom stereocenters. The van der Waals surface area contributed by atoms with E-state index in [2.05, 4.69) is 32.7 Å². The van der Waals surface area contributed by atoms with Gasteiger partial charge in [-0.05, 0) is 49.3 Å². The van der Waals surface area contributed by atoms with Crippen LogP contribution >= 0.6 is 0 Å². The van der Waals surface area contributed by atoms with Crippen molar-refractivity contribution in [3.05, 3.63) is 47.7 Å². The van der Waals surface area contributed by atoms with Crippen molar-refractivity contribution in [3.8, 4) is 0 Å². The SMILES string of the molecule is C=C(C)N(CCCNC(=O)c1ccc(CC(C)(C)CCC)cc1)C(C)=O. The molecule has 1 aromatic rings. The highest BCUT2D eigenvalue weighted by Gasteiger charge is 2.17. The summed E-state index contributed by atoms with van der Waals surface area (Å²) in [7, 11) is 0. The Morgan fingerprint density at radius 3 is 2.27 bits per heavy atom. The Bertz CT molecular complexity index is 604. The fourth-order valence-corrected chi connectivity index (χ4v) is 3.25. The van der Waals surface area contributed by atoms with E-state index >= 15 is 0 Å². The summed E-state index contributed by atoms with van der Waals surface area (Å²) in [5.74, 6) is -0.0977. The molecule has 26 heavy (non-hydrogen) atoms. The molecule has 4 nitrogen and oxygen atoms in total. The van der Waals surface area contributed by atoms with Crippen LogP contribution in [-0.4, -0.2) is 29.8 Å². The Kier molecular flexibility index (Phi) is 8.56. The molecule has 0 aliphatic carbocycles. The molecule has 1 rings (SSSR count). The highest BCUT2D eigenvalue weighted by Crippen LogP contribution is 2.27. The van der Waals surface area contributed by atoms with E-state index < -0.39 is 0 Å².